The molecule has 0 radical (unpaired) electrons. The van der Waals surface area contributed by atoms with Crippen molar-refractivity contribution < 1.29 is 0 Å². The van der Waals surface area contributed by atoms with Gasteiger partial charge in [0.25, 0.3) is 0 Å². The fourth-order valence-electron chi connectivity index (χ4n) is 1.64. The zero-order chi connectivity index (χ0) is 12.0. The molecule has 1 N–H and O–H groups in total. The molecule has 90 valence electrons. The number of aryl methyl sites for hydroxylation is 2. The van der Waals surface area contributed by atoms with E-state index in [-0.39, 0.29) is 0 Å². The van der Waals surface area contributed by atoms with Crippen LogP contribution in [0, 0.1) is 13.8 Å². The van der Waals surface area contributed by atoms with Gasteiger partial charge in [-0.15, -0.1) is 0 Å². The van der Waals surface area contributed by atoms with Gasteiger partial charge in [0.2, 0.25) is 0 Å². The highest BCUT2D eigenvalue weighted by atomic mass is 15.1. The maximum absolute atomic E-state index is 3.49. The molecular weight excluding hydrogens is 196 g/mol. The van der Waals surface area contributed by atoms with Crippen LogP contribution in [0.15, 0.2) is 18.2 Å². The zero-order valence-electron chi connectivity index (χ0n) is 11.0. The number of hydrogen-bond donors (Lipinski definition) is 1. The van der Waals surface area contributed by atoms with Crippen LogP contribution in [0.25, 0.3) is 0 Å². The molecule has 0 bridgehead atoms. The minimum Gasteiger partial charge on any atom is -0.311 e. The van der Waals surface area contributed by atoms with Crippen molar-refractivity contribution in [1.29, 1.82) is 0 Å². The summed E-state index contributed by atoms with van der Waals surface area (Å²) in [6.45, 7) is 10.8. The maximum Gasteiger partial charge on any atom is 0.0208 e. The summed E-state index contributed by atoms with van der Waals surface area (Å²) < 4.78 is 0. The van der Waals surface area contributed by atoms with Crippen molar-refractivity contribution in [3.05, 3.63) is 34.9 Å². The van der Waals surface area contributed by atoms with E-state index >= 15 is 0 Å². The molecule has 1 rings (SSSR count). The number of likely N-dealkylation sites (N-methyl/N-ethyl adjacent to an activating group) is 1. The van der Waals surface area contributed by atoms with Gasteiger partial charge in [-0.05, 0) is 38.6 Å². The summed E-state index contributed by atoms with van der Waals surface area (Å²) in [5, 5.41) is 3.49. The number of nitrogens with one attached hydrogen (secondary N) is 1. The maximum atomic E-state index is 3.49. The minimum absolute atomic E-state index is 0.977. The van der Waals surface area contributed by atoms with Crippen LogP contribution in [-0.2, 0) is 6.54 Å². The fraction of sp³-hybridized carbons (Fsp3) is 0.571. The van der Waals surface area contributed by atoms with E-state index in [9.17, 15) is 0 Å². The quantitative estimate of drug-likeness (QED) is 0.740. The highest BCUT2D eigenvalue weighted by Crippen LogP contribution is 2.09. The van der Waals surface area contributed by atoms with E-state index in [2.05, 4.69) is 56.2 Å². The summed E-state index contributed by atoms with van der Waals surface area (Å²) in [7, 11) is 2.15. The van der Waals surface area contributed by atoms with Crippen LogP contribution in [0.5, 0.6) is 0 Å². The number of benzene rings is 1. The summed E-state index contributed by atoms with van der Waals surface area (Å²) >= 11 is 0. The van der Waals surface area contributed by atoms with E-state index < -0.39 is 0 Å². The molecule has 0 atom stereocenters. The third kappa shape index (κ3) is 4.33. The molecule has 0 aliphatic rings. The lowest BCUT2D eigenvalue weighted by atomic mass is 10.1. The second kappa shape index (κ2) is 6.66. The van der Waals surface area contributed by atoms with Gasteiger partial charge in [0, 0.05) is 19.6 Å². The van der Waals surface area contributed by atoms with Crippen molar-refractivity contribution in [3.63, 3.8) is 0 Å². The van der Waals surface area contributed by atoms with E-state index in [0.29, 0.717) is 0 Å². The van der Waals surface area contributed by atoms with Crippen molar-refractivity contribution in [2.45, 2.75) is 27.3 Å². The highest BCUT2D eigenvalue weighted by molar-refractivity contribution is 5.30. The molecule has 16 heavy (non-hydrogen) atoms. The molecule has 0 aromatic heterocycles. The molecule has 1 aromatic carbocycles. The lowest BCUT2D eigenvalue weighted by Crippen LogP contribution is -2.28. The summed E-state index contributed by atoms with van der Waals surface area (Å²) in [4.78, 5) is 2.32. The zero-order valence-corrected chi connectivity index (χ0v) is 11.0. The largest absolute Gasteiger partial charge is 0.311 e. The topological polar surface area (TPSA) is 15.3 Å². The lowest BCUT2D eigenvalue weighted by molar-refractivity contribution is 0.349. The predicted octanol–water partition coefficient (Wildman–Crippen LogP) is 2.34. The molecule has 1 aromatic rings. The van der Waals surface area contributed by atoms with Crippen LogP contribution in [0.4, 0.5) is 0 Å². The molecule has 2 nitrogen and oxygen atoms in total. The average molecular weight is 220 g/mol. The Morgan fingerprint density at radius 3 is 2.69 bits per heavy atom. The van der Waals surface area contributed by atoms with Gasteiger partial charge in [0.1, 0.15) is 0 Å². The average Bonchev–Trinajstić information content (AvgIpc) is 2.28. The van der Waals surface area contributed by atoms with Gasteiger partial charge in [-0.25, -0.2) is 0 Å². The Hall–Kier alpha value is -0.860. The second-order valence-electron chi connectivity index (χ2n) is 4.50. The van der Waals surface area contributed by atoms with Gasteiger partial charge < -0.3 is 10.2 Å². The first kappa shape index (κ1) is 13.2. The van der Waals surface area contributed by atoms with Gasteiger partial charge in [0.05, 0.1) is 0 Å². The number of nitrogens with zero attached hydrogens (tertiary/aromatic N) is 1. The van der Waals surface area contributed by atoms with Gasteiger partial charge in [-0.2, -0.15) is 0 Å². The first-order chi connectivity index (χ1) is 7.63. The Kier molecular flexibility index (Phi) is 5.50. The Balaban J connectivity index is 2.34. The van der Waals surface area contributed by atoms with Crippen LogP contribution in [0.3, 0.4) is 0 Å². The Bertz CT molecular complexity index is 321. The molecule has 0 saturated heterocycles. The molecule has 0 aliphatic heterocycles. The normalized spacial score (nSPS) is 11.1. The van der Waals surface area contributed by atoms with Crippen LogP contribution >= 0.6 is 0 Å². The molecule has 0 spiro atoms. The van der Waals surface area contributed by atoms with Crippen LogP contribution in [-0.4, -0.2) is 31.6 Å². The van der Waals surface area contributed by atoms with Gasteiger partial charge in [-0.3, -0.25) is 0 Å². The first-order valence-electron chi connectivity index (χ1n) is 6.09. The van der Waals surface area contributed by atoms with E-state index in [4.69, 9.17) is 0 Å². The summed E-state index contributed by atoms with van der Waals surface area (Å²) in [6, 6.07) is 6.64. The van der Waals surface area contributed by atoms with E-state index in [1.165, 1.54) is 16.7 Å². The van der Waals surface area contributed by atoms with Crippen LogP contribution in [0.2, 0.25) is 0 Å². The Morgan fingerprint density at radius 2 is 2.00 bits per heavy atom. The molecule has 0 unspecified atom stereocenters. The summed E-state index contributed by atoms with van der Waals surface area (Å²) in [6.07, 6.45) is 0. The van der Waals surface area contributed by atoms with Gasteiger partial charge >= 0.3 is 0 Å². The monoisotopic (exact) mass is 220 g/mol. The van der Waals surface area contributed by atoms with Crippen LogP contribution < -0.4 is 5.32 Å². The Labute approximate surface area is 99.7 Å². The lowest BCUT2D eigenvalue weighted by Gasteiger charge is -2.14. The van der Waals surface area contributed by atoms with Crippen molar-refractivity contribution in [1.82, 2.24) is 10.2 Å². The molecule has 0 saturated carbocycles. The van der Waals surface area contributed by atoms with Gasteiger partial charge in [-0.1, -0.05) is 30.7 Å². The van der Waals surface area contributed by atoms with E-state index in [1.807, 2.05) is 0 Å². The Morgan fingerprint density at radius 1 is 1.25 bits per heavy atom. The first-order valence-corrected chi connectivity index (χ1v) is 6.09. The smallest absolute Gasteiger partial charge is 0.0208 e. The van der Waals surface area contributed by atoms with Gasteiger partial charge in [0.15, 0.2) is 0 Å². The van der Waals surface area contributed by atoms with Crippen LogP contribution in [0.1, 0.15) is 23.6 Å². The number of hydrogen-bond acceptors (Lipinski definition) is 2. The van der Waals surface area contributed by atoms with Crippen molar-refractivity contribution in [3.8, 4) is 0 Å². The molecule has 0 aliphatic carbocycles. The van der Waals surface area contributed by atoms with E-state index in [1.54, 1.807) is 0 Å². The third-order valence-electron chi connectivity index (χ3n) is 3.03. The summed E-state index contributed by atoms with van der Waals surface area (Å²) in [5.41, 5.74) is 4.13. The molecular formula is C14H24N2. The predicted molar refractivity (Wildman–Crippen MR) is 70.8 cm³/mol. The van der Waals surface area contributed by atoms with E-state index in [0.717, 1.165) is 26.2 Å². The minimum atomic E-state index is 0.977. The highest BCUT2D eigenvalue weighted by Gasteiger charge is 1.99. The second-order valence-corrected chi connectivity index (χ2v) is 4.50. The number of rotatable bonds is 6. The fourth-order valence-corrected chi connectivity index (χ4v) is 1.64. The molecule has 0 amide bonds. The molecule has 0 fully saturated rings. The molecule has 2 heteroatoms. The molecule has 0 heterocycles. The van der Waals surface area contributed by atoms with Crippen molar-refractivity contribution in [2.75, 3.05) is 26.7 Å². The van der Waals surface area contributed by atoms with Crippen molar-refractivity contribution in [2.24, 2.45) is 0 Å². The van der Waals surface area contributed by atoms with Crippen molar-refractivity contribution >= 4 is 0 Å². The standard InChI is InChI=1S/C14H24N2/c1-5-16(4)9-8-15-11-14-10-12(2)6-7-13(14)3/h6-7,10,15H,5,8-9,11H2,1-4H3. The summed E-state index contributed by atoms with van der Waals surface area (Å²) in [5.74, 6) is 0. The SMILES string of the molecule is CCN(C)CCNCc1cc(C)ccc1C. The third-order valence-corrected chi connectivity index (χ3v) is 3.03.